The van der Waals surface area contributed by atoms with Gasteiger partial charge in [-0.2, -0.15) is 0 Å². The summed E-state index contributed by atoms with van der Waals surface area (Å²) in [5.41, 5.74) is 1.80. The molecule has 1 amide bonds. The van der Waals surface area contributed by atoms with Gasteiger partial charge in [-0.1, -0.05) is 5.16 Å². The lowest BCUT2D eigenvalue weighted by atomic mass is 10.1. The van der Waals surface area contributed by atoms with Crippen molar-refractivity contribution in [3.63, 3.8) is 0 Å². The van der Waals surface area contributed by atoms with Crippen LogP contribution in [0.3, 0.4) is 0 Å². The number of aromatic nitrogens is 1. The molecule has 1 aromatic heterocycles. The average Bonchev–Trinajstić information content (AvgIpc) is 3.06. The first-order valence-corrected chi connectivity index (χ1v) is 7.59. The minimum atomic E-state index is 0.218. The van der Waals surface area contributed by atoms with Crippen LogP contribution in [0.2, 0.25) is 0 Å². The van der Waals surface area contributed by atoms with E-state index in [1.54, 1.807) is 0 Å². The highest BCUT2D eigenvalue weighted by Gasteiger charge is 2.34. The summed E-state index contributed by atoms with van der Waals surface area (Å²) in [4.78, 5) is 14.7. The summed E-state index contributed by atoms with van der Waals surface area (Å²) in [5, 5.41) is 7.42. The van der Waals surface area contributed by atoms with Crippen LogP contribution in [0.1, 0.15) is 42.7 Å². The lowest BCUT2D eigenvalue weighted by molar-refractivity contribution is -0.131. The molecule has 1 aromatic rings. The second kappa shape index (κ2) is 5.56. The Morgan fingerprint density at radius 2 is 2.20 bits per heavy atom. The second-order valence-corrected chi connectivity index (χ2v) is 6.05. The SMILES string of the molecule is Cc1noc(C)c1CC(=O)N(CC1CCCN1)C1CC1. The van der Waals surface area contributed by atoms with E-state index in [0.29, 0.717) is 18.5 Å². The number of rotatable bonds is 5. The summed E-state index contributed by atoms with van der Waals surface area (Å²) in [6, 6.07) is 0.939. The molecule has 0 radical (unpaired) electrons. The van der Waals surface area contributed by atoms with Gasteiger partial charge in [0.25, 0.3) is 0 Å². The predicted octanol–water partition coefficient (Wildman–Crippen LogP) is 1.58. The van der Waals surface area contributed by atoms with E-state index < -0.39 is 0 Å². The lowest BCUT2D eigenvalue weighted by Gasteiger charge is -2.26. The number of nitrogens with zero attached hydrogens (tertiary/aromatic N) is 2. The molecule has 1 saturated heterocycles. The topological polar surface area (TPSA) is 58.4 Å². The van der Waals surface area contributed by atoms with Crippen LogP contribution in [0.4, 0.5) is 0 Å². The van der Waals surface area contributed by atoms with Crippen LogP contribution in [0, 0.1) is 13.8 Å². The van der Waals surface area contributed by atoms with Crippen LogP contribution < -0.4 is 5.32 Å². The predicted molar refractivity (Wildman–Crippen MR) is 75.4 cm³/mol. The maximum absolute atomic E-state index is 12.6. The van der Waals surface area contributed by atoms with E-state index >= 15 is 0 Å². The Labute approximate surface area is 119 Å². The third-order valence-corrected chi connectivity index (χ3v) is 4.40. The fraction of sp³-hybridized carbons (Fsp3) is 0.733. The van der Waals surface area contributed by atoms with Crippen LogP contribution in [-0.4, -0.2) is 41.1 Å². The van der Waals surface area contributed by atoms with Gasteiger partial charge in [-0.15, -0.1) is 0 Å². The molecule has 2 aliphatic rings. The first kappa shape index (κ1) is 13.6. The Morgan fingerprint density at radius 3 is 2.75 bits per heavy atom. The largest absolute Gasteiger partial charge is 0.361 e. The molecular weight excluding hydrogens is 254 g/mol. The summed E-state index contributed by atoms with van der Waals surface area (Å²) >= 11 is 0. The fourth-order valence-electron chi connectivity index (χ4n) is 3.00. The van der Waals surface area contributed by atoms with E-state index in [9.17, 15) is 4.79 Å². The molecule has 1 aliphatic heterocycles. The van der Waals surface area contributed by atoms with Crippen molar-refractivity contribution in [1.82, 2.24) is 15.4 Å². The summed E-state index contributed by atoms with van der Waals surface area (Å²) in [6.07, 6.45) is 5.13. The van der Waals surface area contributed by atoms with E-state index in [1.165, 1.54) is 12.8 Å². The number of amides is 1. The van der Waals surface area contributed by atoms with Gasteiger partial charge in [-0.05, 0) is 46.1 Å². The van der Waals surface area contributed by atoms with Crippen molar-refractivity contribution < 1.29 is 9.32 Å². The normalized spacial score (nSPS) is 22.2. The van der Waals surface area contributed by atoms with Crippen molar-refractivity contribution in [3.05, 3.63) is 17.0 Å². The molecule has 0 bridgehead atoms. The van der Waals surface area contributed by atoms with Crippen molar-refractivity contribution in [2.75, 3.05) is 13.1 Å². The van der Waals surface area contributed by atoms with Crippen LogP contribution in [-0.2, 0) is 11.2 Å². The van der Waals surface area contributed by atoms with Gasteiger partial charge >= 0.3 is 0 Å². The van der Waals surface area contributed by atoms with Crippen molar-refractivity contribution in [3.8, 4) is 0 Å². The fourth-order valence-corrected chi connectivity index (χ4v) is 3.00. The smallest absolute Gasteiger partial charge is 0.227 e. The summed E-state index contributed by atoms with van der Waals surface area (Å²) in [5.74, 6) is 0.987. The highest BCUT2D eigenvalue weighted by molar-refractivity contribution is 5.80. The molecular formula is C15H23N3O2. The molecule has 0 aromatic carbocycles. The zero-order valence-electron chi connectivity index (χ0n) is 12.3. The van der Waals surface area contributed by atoms with Crippen molar-refractivity contribution >= 4 is 5.91 Å². The Bertz CT molecular complexity index is 468. The van der Waals surface area contributed by atoms with E-state index in [2.05, 4.69) is 15.4 Å². The molecule has 110 valence electrons. The van der Waals surface area contributed by atoms with Gasteiger partial charge in [0.2, 0.25) is 5.91 Å². The molecule has 1 atom stereocenters. The van der Waals surface area contributed by atoms with Crippen molar-refractivity contribution in [2.24, 2.45) is 0 Å². The monoisotopic (exact) mass is 277 g/mol. The van der Waals surface area contributed by atoms with Gasteiger partial charge in [0.15, 0.2) is 0 Å². The van der Waals surface area contributed by atoms with Crippen molar-refractivity contribution in [2.45, 2.75) is 58.0 Å². The summed E-state index contributed by atoms with van der Waals surface area (Å²) in [6.45, 7) is 5.72. The van der Waals surface area contributed by atoms with Crippen LogP contribution in [0.5, 0.6) is 0 Å². The third-order valence-electron chi connectivity index (χ3n) is 4.40. The highest BCUT2D eigenvalue weighted by atomic mass is 16.5. The van der Waals surface area contributed by atoms with Crippen LogP contribution in [0.15, 0.2) is 4.52 Å². The number of carbonyl (C=O) groups excluding carboxylic acids is 1. The first-order valence-electron chi connectivity index (χ1n) is 7.59. The maximum Gasteiger partial charge on any atom is 0.227 e. The van der Waals surface area contributed by atoms with E-state index in [1.807, 2.05) is 13.8 Å². The van der Waals surface area contributed by atoms with E-state index in [0.717, 1.165) is 42.9 Å². The molecule has 20 heavy (non-hydrogen) atoms. The molecule has 0 spiro atoms. The number of nitrogens with one attached hydrogen (secondary N) is 1. The van der Waals surface area contributed by atoms with Gasteiger partial charge < -0.3 is 14.7 Å². The Balaban J connectivity index is 1.66. The molecule has 5 heteroatoms. The minimum absolute atomic E-state index is 0.218. The highest BCUT2D eigenvalue weighted by Crippen LogP contribution is 2.29. The van der Waals surface area contributed by atoms with Gasteiger partial charge in [0, 0.05) is 24.2 Å². The standard InChI is InChI=1S/C15H23N3O2/c1-10-14(11(2)20-17-10)8-15(19)18(13-5-6-13)9-12-4-3-7-16-12/h12-13,16H,3-9H2,1-2H3. The van der Waals surface area contributed by atoms with Crippen molar-refractivity contribution in [1.29, 1.82) is 0 Å². The van der Waals surface area contributed by atoms with Gasteiger partial charge in [-0.3, -0.25) is 4.79 Å². The second-order valence-electron chi connectivity index (χ2n) is 6.05. The summed E-state index contributed by atoms with van der Waals surface area (Å²) < 4.78 is 5.15. The summed E-state index contributed by atoms with van der Waals surface area (Å²) in [7, 11) is 0. The molecule has 1 aliphatic carbocycles. The lowest BCUT2D eigenvalue weighted by Crippen LogP contribution is -2.43. The number of hydrogen-bond donors (Lipinski definition) is 1. The molecule has 1 N–H and O–H groups in total. The van der Waals surface area contributed by atoms with E-state index in [-0.39, 0.29) is 5.91 Å². The van der Waals surface area contributed by atoms with Crippen LogP contribution in [0.25, 0.3) is 0 Å². The average molecular weight is 277 g/mol. The molecule has 2 fully saturated rings. The number of hydrogen-bond acceptors (Lipinski definition) is 4. The van der Waals surface area contributed by atoms with Gasteiger partial charge in [0.05, 0.1) is 12.1 Å². The van der Waals surface area contributed by atoms with Gasteiger partial charge in [-0.25, -0.2) is 0 Å². The van der Waals surface area contributed by atoms with Crippen LogP contribution >= 0.6 is 0 Å². The Hall–Kier alpha value is -1.36. The Morgan fingerprint density at radius 1 is 1.40 bits per heavy atom. The quantitative estimate of drug-likeness (QED) is 0.887. The Kier molecular flexibility index (Phi) is 3.78. The molecule has 3 rings (SSSR count). The van der Waals surface area contributed by atoms with Gasteiger partial charge in [0.1, 0.15) is 5.76 Å². The maximum atomic E-state index is 12.6. The molecule has 2 heterocycles. The molecule has 1 unspecified atom stereocenters. The van der Waals surface area contributed by atoms with E-state index in [4.69, 9.17) is 4.52 Å². The minimum Gasteiger partial charge on any atom is -0.361 e. The number of aryl methyl sites for hydroxylation is 2. The molecule has 1 saturated carbocycles. The third kappa shape index (κ3) is 2.87. The zero-order valence-corrected chi connectivity index (χ0v) is 12.3. The zero-order chi connectivity index (χ0) is 14.1. The first-order chi connectivity index (χ1) is 9.65. The number of carbonyl (C=O) groups is 1. The molecule has 5 nitrogen and oxygen atoms in total.